The smallest absolute Gasteiger partial charge is 0.124 e. The number of benzene rings is 1. The van der Waals surface area contributed by atoms with E-state index >= 15 is 0 Å². The van der Waals surface area contributed by atoms with Gasteiger partial charge in [-0.2, -0.15) is 11.8 Å². The summed E-state index contributed by atoms with van der Waals surface area (Å²) >= 11 is 2.14. The standard InChI is InChI=1S/C15H21NOS/c1-2-7-15-13(6-1)14(8-9-17-15)16-11-12-5-3-4-10-18-12/h1-2,6-7,12,14,16H,3-5,8-11H2. The van der Waals surface area contributed by atoms with E-state index in [0.29, 0.717) is 6.04 Å². The van der Waals surface area contributed by atoms with Gasteiger partial charge in [0.2, 0.25) is 0 Å². The molecule has 0 amide bonds. The molecule has 0 saturated carbocycles. The summed E-state index contributed by atoms with van der Waals surface area (Å²) in [6, 6.07) is 8.92. The molecule has 3 heteroatoms. The third-order valence-electron chi connectivity index (χ3n) is 3.82. The van der Waals surface area contributed by atoms with Crippen LogP contribution < -0.4 is 10.1 Å². The summed E-state index contributed by atoms with van der Waals surface area (Å²) in [5, 5.41) is 4.56. The summed E-state index contributed by atoms with van der Waals surface area (Å²) < 4.78 is 5.70. The SMILES string of the molecule is c1ccc2c(c1)OCCC2NCC1CCCCS1. The summed E-state index contributed by atoms with van der Waals surface area (Å²) in [5.41, 5.74) is 1.34. The number of nitrogens with one attached hydrogen (secondary N) is 1. The van der Waals surface area contributed by atoms with Gasteiger partial charge in [-0.15, -0.1) is 0 Å². The minimum Gasteiger partial charge on any atom is -0.493 e. The van der Waals surface area contributed by atoms with Crippen molar-refractivity contribution < 1.29 is 4.74 Å². The fourth-order valence-corrected chi connectivity index (χ4v) is 4.05. The van der Waals surface area contributed by atoms with E-state index in [9.17, 15) is 0 Å². The molecule has 1 saturated heterocycles. The summed E-state index contributed by atoms with van der Waals surface area (Å²) in [4.78, 5) is 0. The summed E-state index contributed by atoms with van der Waals surface area (Å²) in [5.74, 6) is 2.41. The van der Waals surface area contributed by atoms with Gasteiger partial charge in [0.1, 0.15) is 5.75 Å². The number of thioether (sulfide) groups is 1. The van der Waals surface area contributed by atoms with Crippen molar-refractivity contribution in [1.29, 1.82) is 0 Å². The molecule has 98 valence electrons. The van der Waals surface area contributed by atoms with Crippen LogP contribution in [0, 0.1) is 0 Å². The van der Waals surface area contributed by atoms with Crippen LogP contribution in [0.25, 0.3) is 0 Å². The van der Waals surface area contributed by atoms with E-state index < -0.39 is 0 Å². The number of hydrogen-bond acceptors (Lipinski definition) is 3. The van der Waals surface area contributed by atoms with Crippen LogP contribution in [0.15, 0.2) is 24.3 Å². The molecule has 0 aromatic heterocycles. The molecule has 3 rings (SSSR count). The predicted molar refractivity (Wildman–Crippen MR) is 77.4 cm³/mol. The molecule has 1 N–H and O–H groups in total. The van der Waals surface area contributed by atoms with Crippen LogP contribution in [-0.4, -0.2) is 24.2 Å². The van der Waals surface area contributed by atoms with Gasteiger partial charge in [-0.3, -0.25) is 0 Å². The molecular formula is C15H21NOS. The van der Waals surface area contributed by atoms with Crippen molar-refractivity contribution in [3.63, 3.8) is 0 Å². The van der Waals surface area contributed by atoms with Gasteiger partial charge >= 0.3 is 0 Å². The highest BCUT2D eigenvalue weighted by atomic mass is 32.2. The Morgan fingerprint density at radius 1 is 1.22 bits per heavy atom. The largest absolute Gasteiger partial charge is 0.493 e. The van der Waals surface area contributed by atoms with Crippen molar-refractivity contribution in [3.8, 4) is 5.75 Å². The lowest BCUT2D eigenvalue weighted by atomic mass is 10.0. The Balaban J connectivity index is 1.60. The Kier molecular flexibility index (Phi) is 4.11. The van der Waals surface area contributed by atoms with Crippen molar-refractivity contribution in [3.05, 3.63) is 29.8 Å². The van der Waals surface area contributed by atoms with Crippen LogP contribution in [0.2, 0.25) is 0 Å². The molecule has 0 spiro atoms. The molecule has 1 aromatic rings. The Bertz CT molecular complexity index is 390. The van der Waals surface area contributed by atoms with E-state index in [1.54, 1.807) is 0 Å². The van der Waals surface area contributed by atoms with Gasteiger partial charge in [-0.25, -0.2) is 0 Å². The Morgan fingerprint density at radius 2 is 2.17 bits per heavy atom. The second-order valence-corrected chi connectivity index (χ2v) is 6.53. The van der Waals surface area contributed by atoms with E-state index in [0.717, 1.165) is 30.6 Å². The monoisotopic (exact) mass is 263 g/mol. The fraction of sp³-hybridized carbons (Fsp3) is 0.600. The first kappa shape index (κ1) is 12.4. The lowest BCUT2D eigenvalue weighted by Gasteiger charge is -2.29. The van der Waals surface area contributed by atoms with E-state index in [-0.39, 0.29) is 0 Å². The maximum absolute atomic E-state index is 5.70. The number of hydrogen-bond donors (Lipinski definition) is 1. The van der Waals surface area contributed by atoms with Gasteiger partial charge in [-0.1, -0.05) is 24.6 Å². The second-order valence-electron chi connectivity index (χ2n) is 5.12. The molecule has 1 fully saturated rings. The molecule has 2 nitrogen and oxygen atoms in total. The lowest BCUT2D eigenvalue weighted by Crippen LogP contribution is -2.33. The molecule has 2 aliphatic heterocycles. The molecule has 0 aliphatic carbocycles. The van der Waals surface area contributed by atoms with Crippen LogP contribution in [-0.2, 0) is 0 Å². The molecule has 18 heavy (non-hydrogen) atoms. The predicted octanol–water partition coefficient (Wildman–Crippen LogP) is 3.39. The van der Waals surface area contributed by atoms with Crippen molar-refractivity contribution in [2.45, 2.75) is 37.0 Å². The normalized spacial score (nSPS) is 27.3. The topological polar surface area (TPSA) is 21.3 Å². The van der Waals surface area contributed by atoms with Crippen LogP contribution >= 0.6 is 11.8 Å². The zero-order valence-electron chi connectivity index (χ0n) is 10.7. The molecule has 1 aromatic carbocycles. The molecule has 2 unspecified atom stereocenters. The fourth-order valence-electron chi connectivity index (χ4n) is 2.80. The highest BCUT2D eigenvalue weighted by molar-refractivity contribution is 7.99. The van der Waals surface area contributed by atoms with Crippen molar-refractivity contribution in [1.82, 2.24) is 5.32 Å². The highest BCUT2D eigenvalue weighted by Gasteiger charge is 2.22. The second kappa shape index (κ2) is 5.98. The number of rotatable bonds is 3. The van der Waals surface area contributed by atoms with Crippen LogP contribution in [0.1, 0.15) is 37.3 Å². The van der Waals surface area contributed by atoms with Gasteiger partial charge in [-0.05, 0) is 24.7 Å². The Hall–Kier alpha value is -0.670. The molecule has 2 aliphatic rings. The summed E-state index contributed by atoms with van der Waals surface area (Å²) in [6.07, 6.45) is 5.28. The Morgan fingerprint density at radius 3 is 3.06 bits per heavy atom. The first-order chi connectivity index (χ1) is 8.93. The van der Waals surface area contributed by atoms with Gasteiger partial charge in [0, 0.05) is 29.8 Å². The van der Waals surface area contributed by atoms with Crippen molar-refractivity contribution in [2.75, 3.05) is 18.9 Å². The van der Waals surface area contributed by atoms with Gasteiger partial charge in [0.25, 0.3) is 0 Å². The molecule has 2 heterocycles. The average molecular weight is 263 g/mol. The van der Waals surface area contributed by atoms with E-state index in [1.165, 1.54) is 30.6 Å². The van der Waals surface area contributed by atoms with Gasteiger partial charge in [0.05, 0.1) is 6.61 Å². The number of ether oxygens (including phenoxy) is 1. The minimum absolute atomic E-state index is 0.484. The van der Waals surface area contributed by atoms with Crippen molar-refractivity contribution >= 4 is 11.8 Å². The third kappa shape index (κ3) is 2.83. The Labute approximate surface area is 113 Å². The quantitative estimate of drug-likeness (QED) is 0.903. The average Bonchev–Trinajstić information content (AvgIpc) is 2.46. The maximum Gasteiger partial charge on any atom is 0.124 e. The van der Waals surface area contributed by atoms with E-state index in [2.05, 4.69) is 41.3 Å². The zero-order valence-corrected chi connectivity index (χ0v) is 11.5. The first-order valence-corrected chi connectivity index (χ1v) is 8.05. The van der Waals surface area contributed by atoms with Crippen LogP contribution in [0.3, 0.4) is 0 Å². The maximum atomic E-state index is 5.70. The van der Waals surface area contributed by atoms with Gasteiger partial charge in [0.15, 0.2) is 0 Å². The van der Waals surface area contributed by atoms with E-state index in [4.69, 9.17) is 4.74 Å². The molecule has 0 bridgehead atoms. The first-order valence-electron chi connectivity index (χ1n) is 7.00. The zero-order chi connectivity index (χ0) is 12.2. The molecular weight excluding hydrogens is 242 g/mol. The molecule has 0 radical (unpaired) electrons. The summed E-state index contributed by atoms with van der Waals surface area (Å²) in [7, 11) is 0. The summed E-state index contributed by atoms with van der Waals surface area (Å²) in [6.45, 7) is 1.98. The van der Waals surface area contributed by atoms with Crippen molar-refractivity contribution in [2.24, 2.45) is 0 Å². The number of fused-ring (bicyclic) bond motifs is 1. The minimum atomic E-state index is 0.484. The lowest BCUT2D eigenvalue weighted by molar-refractivity contribution is 0.252. The van der Waals surface area contributed by atoms with E-state index in [1.807, 2.05) is 0 Å². The third-order valence-corrected chi connectivity index (χ3v) is 5.22. The van der Waals surface area contributed by atoms with Gasteiger partial charge < -0.3 is 10.1 Å². The van der Waals surface area contributed by atoms with Crippen LogP contribution in [0.5, 0.6) is 5.75 Å². The highest BCUT2D eigenvalue weighted by Crippen LogP contribution is 2.32. The molecule has 2 atom stereocenters. The van der Waals surface area contributed by atoms with Crippen LogP contribution in [0.4, 0.5) is 0 Å². The number of para-hydroxylation sites is 1.